The predicted molar refractivity (Wildman–Crippen MR) is 68.9 cm³/mol. The molecule has 1 aliphatic carbocycles. The molecule has 92 valence electrons. The van der Waals surface area contributed by atoms with Gasteiger partial charge in [0, 0.05) is 24.4 Å². The van der Waals surface area contributed by atoms with Crippen molar-refractivity contribution in [1.29, 1.82) is 0 Å². The van der Waals surface area contributed by atoms with Gasteiger partial charge in [-0.25, -0.2) is 0 Å². The van der Waals surface area contributed by atoms with Crippen molar-refractivity contribution in [3.63, 3.8) is 0 Å². The number of amides is 1. The molecule has 3 rings (SSSR count). The first-order chi connectivity index (χ1) is 8.31. The van der Waals surface area contributed by atoms with Gasteiger partial charge >= 0.3 is 0 Å². The minimum Gasteiger partial charge on any atom is -0.335 e. The summed E-state index contributed by atoms with van der Waals surface area (Å²) in [6.07, 6.45) is 4.05. The molecule has 1 unspecified atom stereocenters. The molecule has 1 aromatic rings. The van der Waals surface area contributed by atoms with Crippen LogP contribution in [0.1, 0.15) is 35.7 Å². The van der Waals surface area contributed by atoms with E-state index < -0.39 is 0 Å². The van der Waals surface area contributed by atoms with Gasteiger partial charge in [-0.2, -0.15) is 0 Å². The summed E-state index contributed by atoms with van der Waals surface area (Å²) in [5, 5.41) is 2.16. The van der Waals surface area contributed by atoms with Gasteiger partial charge in [-0.05, 0) is 42.2 Å². The number of thiophene rings is 1. The van der Waals surface area contributed by atoms with Crippen molar-refractivity contribution in [1.82, 2.24) is 4.90 Å². The van der Waals surface area contributed by atoms with Crippen LogP contribution in [0.4, 0.5) is 0 Å². The zero-order valence-electron chi connectivity index (χ0n) is 9.89. The molecule has 1 saturated carbocycles. The van der Waals surface area contributed by atoms with Gasteiger partial charge in [-0.1, -0.05) is 0 Å². The minimum absolute atomic E-state index is 0.237. The molecule has 2 aliphatic rings. The molecule has 0 radical (unpaired) electrons. The smallest absolute Gasteiger partial charge is 0.224 e. The summed E-state index contributed by atoms with van der Waals surface area (Å²) in [5.41, 5.74) is 6.91. The first-order valence-electron chi connectivity index (χ1n) is 6.37. The molecule has 1 aromatic heterocycles. The summed E-state index contributed by atoms with van der Waals surface area (Å²) < 4.78 is 0. The highest BCUT2D eigenvalue weighted by atomic mass is 32.1. The molecule has 17 heavy (non-hydrogen) atoms. The maximum atomic E-state index is 12.1. The molecule has 0 bridgehead atoms. The van der Waals surface area contributed by atoms with E-state index in [2.05, 4.69) is 16.3 Å². The van der Waals surface area contributed by atoms with E-state index in [0.717, 1.165) is 13.0 Å². The fourth-order valence-electron chi connectivity index (χ4n) is 2.81. The molecule has 1 aliphatic heterocycles. The van der Waals surface area contributed by atoms with Gasteiger partial charge in [0.1, 0.15) is 0 Å². The number of nitrogens with zero attached hydrogens (tertiary/aromatic N) is 1. The highest BCUT2D eigenvalue weighted by molar-refractivity contribution is 7.10. The summed E-state index contributed by atoms with van der Waals surface area (Å²) in [6, 6.07) is 2.56. The number of hydrogen-bond donors (Lipinski definition) is 1. The third-order valence-electron chi connectivity index (χ3n) is 3.76. The van der Waals surface area contributed by atoms with Crippen molar-refractivity contribution in [2.45, 2.75) is 31.7 Å². The third-order valence-corrected chi connectivity index (χ3v) is 4.76. The van der Waals surface area contributed by atoms with E-state index >= 15 is 0 Å². The summed E-state index contributed by atoms with van der Waals surface area (Å²) in [6.45, 7) is 1.34. The fourth-order valence-corrected chi connectivity index (χ4v) is 3.73. The highest BCUT2D eigenvalue weighted by Gasteiger charge is 2.41. The first kappa shape index (κ1) is 11.2. The van der Waals surface area contributed by atoms with E-state index in [4.69, 9.17) is 5.73 Å². The second kappa shape index (κ2) is 4.42. The average Bonchev–Trinajstić information content (AvgIpc) is 3.05. The van der Waals surface area contributed by atoms with Crippen molar-refractivity contribution in [3.05, 3.63) is 21.9 Å². The Balaban J connectivity index is 1.88. The van der Waals surface area contributed by atoms with E-state index in [1.807, 2.05) is 11.3 Å². The Kier molecular flexibility index (Phi) is 2.92. The van der Waals surface area contributed by atoms with E-state index in [-0.39, 0.29) is 5.91 Å². The van der Waals surface area contributed by atoms with E-state index in [1.165, 1.54) is 23.3 Å². The van der Waals surface area contributed by atoms with E-state index in [9.17, 15) is 4.79 Å². The molecule has 3 nitrogen and oxygen atoms in total. The molecule has 0 aromatic carbocycles. The molecule has 1 fully saturated rings. The normalized spacial score (nSPS) is 23.6. The van der Waals surface area contributed by atoms with Crippen LogP contribution in [-0.2, 0) is 11.2 Å². The van der Waals surface area contributed by atoms with Gasteiger partial charge in [0.05, 0.1) is 6.04 Å². The van der Waals surface area contributed by atoms with Gasteiger partial charge in [0.15, 0.2) is 0 Å². The Morgan fingerprint density at radius 1 is 1.53 bits per heavy atom. The van der Waals surface area contributed by atoms with Crippen LogP contribution in [0.25, 0.3) is 0 Å². The van der Waals surface area contributed by atoms with E-state index in [0.29, 0.717) is 24.9 Å². The lowest BCUT2D eigenvalue weighted by atomic mass is 9.95. The van der Waals surface area contributed by atoms with Crippen molar-refractivity contribution < 1.29 is 4.79 Å². The fraction of sp³-hybridized carbons (Fsp3) is 0.615. The molecule has 1 atom stereocenters. The van der Waals surface area contributed by atoms with Gasteiger partial charge in [0.2, 0.25) is 5.91 Å². The zero-order valence-corrected chi connectivity index (χ0v) is 10.7. The molecular weight excluding hydrogens is 232 g/mol. The zero-order chi connectivity index (χ0) is 11.8. The first-order valence-corrected chi connectivity index (χ1v) is 7.25. The molecular formula is C13H18N2OS. The number of hydrogen-bond acceptors (Lipinski definition) is 3. The molecule has 0 spiro atoms. The number of nitrogens with two attached hydrogens (primary N) is 1. The quantitative estimate of drug-likeness (QED) is 0.891. The van der Waals surface area contributed by atoms with E-state index in [1.54, 1.807) is 0 Å². The largest absolute Gasteiger partial charge is 0.335 e. The van der Waals surface area contributed by atoms with Crippen LogP contribution in [0, 0.1) is 5.92 Å². The monoisotopic (exact) mass is 250 g/mol. The second-order valence-corrected chi connectivity index (χ2v) is 5.96. The number of rotatable bonds is 3. The Morgan fingerprint density at radius 3 is 3.06 bits per heavy atom. The predicted octanol–water partition coefficient (Wildman–Crippen LogP) is 1.93. The average molecular weight is 250 g/mol. The second-order valence-electron chi connectivity index (χ2n) is 4.96. The molecule has 2 N–H and O–H groups in total. The van der Waals surface area contributed by atoms with Crippen LogP contribution in [-0.4, -0.2) is 23.9 Å². The molecule has 1 amide bonds. The lowest BCUT2D eigenvalue weighted by Crippen LogP contribution is -2.41. The maximum Gasteiger partial charge on any atom is 0.224 e. The summed E-state index contributed by atoms with van der Waals surface area (Å²) in [5.74, 6) is 0.937. The van der Waals surface area contributed by atoms with Crippen molar-refractivity contribution in [2.24, 2.45) is 11.7 Å². The topological polar surface area (TPSA) is 46.3 Å². The lowest BCUT2D eigenvalue weighted by molar-refractivity contribution is -0.134. The lowest BCUT2D eigenvalue weighted by Gasteiger charge is -2.36. The standard InChI is InChI=1S/C13H18N2OS/c14-6-3-12(16)15-7-4-11-10(5-8-17-11)13(15)9-1-2-9/h5,8-9,13H,1-4,6-7,14H2. The third kappa shape index (κ3) is 2.00. The Hall–Kier alpha value is -0.870. The molecule has 4 heteroatoms. The van der Waals surface area contributed by atoms with Crippen LogP contribution in [0.3, 0.4) is 0 Å². The highest BCUT2D eigenvalue weighted by Crippen LogP contribution is 2.48. The van der Waals surface area contributed by atoms with Crippen LogP contribution in [0.15, 0.2) is 11.4 Å². The molecule has 0 saturated heterocycles. The van der Waals surface area contributed by atoms with Crippen molar-refractivity contribution in [3.8, 4) is 0 Å². The SMILES string of the molecule is NCCC(=O)N1CCc2sccc2C1C1CC1. The molecule has 2 heterocycles. The number of carbonyl (C=O) groups is 1. The Labute approximate surface area is 106 Å². The maximum absolute atomic E-state index is 12.1. The van der Waals surface area contributed by atoms with Gasteiger partial charge < -0.3 is 10.6 Å². The van der Waals surface area contributed by atoms with Gasteiger partial charge in [-0.15, -0.1) is 11.3 Å². The Bertz CT molecular complexity index is 425. The van der Waals surface area contributed by atoms with Crippen molar-refractivity contribution >= 4 is 17.2 Å². The Morgan fingerprint density at radius 2 is 2.35 bits per heavy atom. The summed E-state index contributed by atoms with van der Waals surface area (Å²) in [7, 11) is 0. The van der Waals surface area contributed by atoms with Gasteiger partial charge in [0.25, 0.3) is 0 Å². The van der Waals surface area contributed by atoms with Crippen LogP contribution < -0.4 is 5.73 Å². The minimum atomic E-state index is 0.237. The summed E-state index contributed by atoms with van der Waals surface area (Å²) >= 11 is 1.84. The van der Waals surface area contributed by atoms with Crippen LogP contribution in [0.5, 0.6) is 0 Å². The summed E-state index contributed by atoms with van der Waals surface area (Å²) in [4.78, 5) is 15.7. The van der Waals surface area contributed by atoms with Gasteiger partial charge in [-0.3, -0.25) is 4.79 Å². The van der Waals surface area contributed by atoms with Crippen molar-refractivity contribution in [2.75, 3.05) is 13.1 Å². The van der Waals surface area contributed by atoms with Crippen LogP contribution >= 0.6 is 11.3 Å². The van der Waals surface area contributed by atoms with Crippen LogP contribution in [0.2, 0.25) is 0 Å². The number of carbonyl (C=O) groups excluding carboxylic acids is 1. The number of fused-ring (bicyclic) bond motifs is 1.